The van der Waals surface area contributed by atoms with Crippen molar-refractivity contribution in [2.75, 3.05) is 0 Å². The fourth-order valence-corrected chi connectivity index (χ4v) is 3.51. The second-order valence-corrected chi connectivity index (χ2v) is 7.06. The molecule has 0 aliphatic carbocycles. The number of benzene rings is 3. The van der Waals surface area contributed by atoms with Gasteiger partial charge in [0.15, 0.2) is 0 Å². The SMILES string of the molecule is Cc1nn(CC(=O)NC(c2ccccc2)c2ccc(F)cc2)c(=O)c2ccccc12. The van der Waals surface area contributed by atoms with E-state index in [1.807, 2.05) is 49.4 Å². The molecule has 0 saturated heterocycles. The Morgan fingerprint density at radius 3 is 2.23 bits per heavy atom. The van der Waals surface area contributed by atoms with Crippen LogP contribution in [0.25, 0.3) is 10.8 Å². The molecule has 0 aliphatic heterocycles. The Labute approximate surface area is 172 Å². The highest BCUT2D eigenvalue weighted by atomic mass is 19.1. The molecule has 6 heteroatoms. The zero-order valence-corrected chi connectivity index (χ0v) is 16.4. The standard InChI is InChI=1S/C24H20FN3O2/c1-16-20-9-5-6-10-21(20)24(30)28(27-16)15-22(29)26-23(17-7-3-2-4-8-17)18-11-13-19(25)14-12-18/h2-14,23H,15H2,1H3,(H,26,29). The van der Waals surface area contributed by atoms with Crippen LogP contribution in [0.1, 0.15) is 22.9 Å². The van der Waals surface area contributed by atoms with E-state index in [2.05, 4.69) is 10.4 Å². The Hall–Kier alpha value is -3.80. The lowest BCUT2D eigenvalue weighted by atomic mass is 9.98. The third-order valence-corrected chi connectivity index (χ3v) is 4.99. The predicted octanol–water partition coefficient (Wildman–Crippen LogP) is 3.75. The lowest BCUT2D eigenvalue weighted by Gasteiger charge is -2.20. The van der Waals surface area contributed by atoms with Gasteiger partial charge in [-0.1, -0.05) is 60.7 Å². The van der Waals surface area contributed by atoms with Gasteiger partial charge in [-0.15, -0.1) is 0 Å². The molecule has 1 unspecified atom stereocenters. The van der Waals surface area contributed by atoms with Crippen molar-refractivity contribution in [3.63, 3.8) is 0 Å². The lowest BCUT2D eigenvalue weighted by molar-refractivity contribution is -0.122. The third kappa shape index (κ3) is 3.98. The topological polar surface area (TPSA) is 64.0 Å². The van der Waals surface area contributed by atoms with Gasteiger partial charge < -0.3 is 5.32 Å². The van der Waals surface area contributed by atoms with Gasteiger partial charge in [-0.3, -0.25) is 9.59 Å². The summed E-state index contributed by atoms with van der Waals surface area (Å²) in [6, 6.07) is 22.1. The van der Waals surface area contributed by atoms with Gasteiger partial charge in [-0.2, -0.15) is 5.10 Å². The maximum Gasteiger partial charge on any atom is 0.275 e. The molecule has 0 spiro atoms. The molecule has 1 atom stereocenters. The van der Waals surface area contributed by atoms with E-state index in [1.165, 1.54) is 16.8 Å². The van der Waals surface area contributed by atoms with Gasteiger partial charge in [-0.05, 0) is 36.2 Å². The molecule has 0 fully saturated rings. The number of rotatable bonds is 5. The summed E-state index contributed by atoms with van der Waals surface area (Å²) in [5, 5.41) is 8.55. The van der Waals surface area contributed by atoms with Crippen LogP contribution in [0.2, 0.25) is 0 Å². The van der Waals surface area contributed by atoms with Crippen LogP contribution in [0.3, 0.4) is 0 Å². The largest absolute Gasteiger partial charge is 0.344 e. The van der Waals surface area contributed by atoms with Gasteiger partial charge in [0.25, 0.3) is 5.56 Å². The van der Waals surface area contributed by atoms with E-state index in [0.29, 0.717) is 11.1 Å². The van der Waals surface area contributed by atoms with Crippen molar-refractivity contribution < 1.29 is 9.18 Å². The molecule has 30 heavy (non-hydrogen) atoms. The van der Waals surface area contributed by atoms with Crippen molar-refractivity contribution >= 4 is 16.7 Å². The lowest BCUT2D eigenvalue weighted by Crippen LogP contribution is -2.36. The van der Waals surface area contributed by atoms with E-state index in [1.54, 1.807) is 24.3 Å². The molecule has 0 radical (unpaired) electrons. The number of amides is 1. The van der Waals surface area contributed by atoms with Crippen LogP contribution < -0.4 is 10.9 Å². The molecule has 1 aromatic heterocycles. The Kier molecular flexibility index (Phi) is 5.39. The molecule has 3 aromatic carbocycles. The number of carbonyl (C=O) groups is 1. The summed E-state index contributed by atoms with van der Waals surface area (Å²) >= 11 is 0. The number of carbonyl (C=O) groups excluding carboxylic acids is 1. The summed E-state index contributed by atoms with van der Waals surface area (Å²) in [7, 11) is 0. The predicted molar refractivity (Wildman–Crippen MR) is 114 cm³/mol. The van der Waals surface area contributed by atoms with Gasteiger partial charge in [-0.25, -0.2) is 9.07 Å². The van der Waals surface area contributed by atoms with Crippen molar-refractivity contribution in [2.45, 2.75) is 19.5 Å². The number of nitrogens with zero attached hydrogens (tertiary/aromatic N) is 2. The Morgan fingerprint density at radius 2 is 1.53 bits per heavy atom. The van der Waals surface area contributed by atoms with Gasteiger partial charge in [0.1, 0.15) is 12.4 Å². The van der Waals surface area contributed by atoms with Crippen molar-refractivity contribution in [1.29, 1.82) is 0 Å². The van der Waals surface area contributed by atoms with Crippen molar-refractivity contribution in [2.24, 2.45) is 0 Å². The molecule has 0 aliphatic rings. The number of halogens is 1. The molecule has 0 saturated carbocycles. The van der Waals surface area contributed by atoms with E-state index in [9.17, 15) is 14.0 Å². The summed E-state index contributed by atoms with van der Waals surface area (Å²) < 4.78 is 14.6. The minimum absolute atomic E-state index is 0.213. The molecular formula is C24H20FN3O2. The zero-order valence-electron chi connectivity index (χ0n) is 16.4. The summed E-state index contributed by atoms with van der Waals surface area (Å²) in [5.74, 6) is -0.711. The average Bonchev–Trinajstić information content (AvgIpc) is 2.77. The highest BCUT2D eigenvalue weighted by Gasteiger charge is 2.18. The van der Waals surface area contributed by atoms with Crippen LogP contribution >= 0.6 is 0 Å². The number of hydrogen-bond donors (Lipinski definition) is 1. The van der Waals surface area contributed by atoms with Crippen LogP contribution in [0.5, 0.6) is 0 Å². The first kappa shape index (κ1) is 19.5. The number of hydrogen-bond acceptors (Lipinski definition) is 3. The van der Waals surface area contributed by atoms with Crippen LogP contribution in [0.15, 0.2) is 83.7 Å². The van der Waals surface area contributed by atoms with Gasteiger partial charge in [0, 0.05) is 5.39 Å². The first-order valence-electron chi connectivity index (χ1n) is 9.59. The number of fused-ring (bicyclic) bond motifs is 1. The molecule has 1 heterocycles. The smallest absolute Gasteiger partial charge is 0.275 e. The third-order valence-electron chi connectivity index (χ3n) is 4.99. The maximum absolute atomic E-state index is 13.4. The van der Waals surface area contributed by atoms with E-state index >= 15 is 0 Å². The molecular weight excluding hydrogens is 381 g/mol. The molecule has 1 N–H and O–H groups in total. The second kappa shape index (κ2) is 8.29. The molecule has 1 amide bonds. The summed E-state index contributed by atoms with van der Waals surface area (Å²) in [6.45, 7) is 1.59. The summed E-state index contributed by atoms with van der Waals surface area (Å²) in [5.41, 5.74) is 1.96. The maximum atomic E-state index is 13.4. The Bertz CT molecular complexity index is 1250. The van der Waals surface area contributed by atoms with Crippen LogP contribution in [-0.4, -0.2) is 15.7 Å². The van der Waals surface area contributed by atoms with E-state index in [0.717, 1.165) is 16.5 Å². The highest BCUT2D eigenvalue weighted by Crippen LogP contribution is 2.22. The highest BCUT2D eigenvalue weighted by molar-refractivity contribution is 5.83. The molecule has 4 rings (SSSR count). The fraction of sp³-hybridized carbons (Fsp3) is 0.125. The monoisotopic (exact) mass is 401 g/mol. The van der Waals surface area contributed by atoms with Crippen molar-refractivity contribution in [3.05, 3.63) is 112 Å². The first-order chi connectivity index (χ1) is 14.5. The quantitative estimate of drug-likeness (QED) is 0.554. The minimum Gasteiger partial charge on any atom is -0.344 e. The number of aromatic nitrogens is 2. The molecule has 150 valence electrons. The number of aryl methyl sites for hydroxylation is 1. The second-order valence-electron chi connectivity index (χ2n) is 7.06. The van der Waals surface area contributed by atoms with Gasteiger partial charge in [0.05, 0.1) is 17.1 Å². The van der Waals surface area contributed by atoms with Crippen molar-refractivity contribution in [3.8, 4) is 0 Å². The summed E-state index contributed by atoms with van der Waals surface area (Å²) in [4.78, 5) is 25.6. The Balaban J connectivity index is 1.64. The first-order valence-corrected chi connectivity index (χ1v) is 9.59. The van der Waals surface area contributed by atoms with Gasteiger partial charge >= 0.3 is 0 Å². The Morgan fingerprint density at radius 1 is 0.933 bits per heavy atom. The van der Waals surface area contributed by atoms with Crippen LogP contribution in [0.4, 0.5) is 4.39 Å². The fourth-order valence-electron chi connectivity index (χ4n) is 3.51. The molecule has 5 nitrogen and oxygen atoms in total. The summed E-state index contributed by atoms with van der Waals surface area (Å²) in [6.07, 6.45) is 0. The van der Waals surface area contributed by atoms with Gasteiger partial charge in [0.2, 0.25) is 5.91 Å². The minimum atomic E-state index is -0.475. The van der Waals surface area contributed by atoms with Crippen LogP contribution in [-0.2, 0) is 11.3 Å². The van der Waals surface area contributed by atoms with E-state index in [-0.39, 0.29) is 23.8 Å². The van der Waals surface area contributed by atoms with Crippen molar-refractivity contribution in [1.82, 2.24) is 15.1 Å². The van der Waals surface area contributed by atoms with E-state index < -0.39 is 6.04 Å². The average molecular weight is 401 g/mol. The molecule has 0 bridgehead atoms. The number of nitrogens with one attached hydrogen (secondary N) is 1. The van der Waals surface area contributed by atoms with Crippen LogP contribution in [0, 0.1) is 12.7 Å². The normalized spacial score (nSPS) is 11.9. The van der Waals surface area contributed by atoms with E-state index in [4.69, 9.17) is 0 Å². The molecule has 4 aromatic rings. The zero-order chi connectivity index (χ0) is 21.1.